The highest BCUT2D eigenvalue weighted by Crippen LogP contribution is 2.08. The van der Waals surface area contributed by atoms with Gasteiger partial charge in [-0.05, 0) is 25.3 Å². The molecule has 0 aliphatic rings. The fourth-order valence-electron chi connectivity index (χ4n) is 1.08. The molecule has 0 bridgehead atoms. The molecule has 0 aliphatic carbocycles. The van der Waals surface area contributed by atoms with Crippen LogP contribution in [-0.2, 0) is 9.59 Å². The minimum atomic E-state index is -0.520. The lowest BCUT2D eigenvalue weighted by atomic mass is 10.0. The minimum absolute atomic E-state index is 0.0793. The Morgan fingerprint density at radius 1 is 1.36 bits per heavy atom. The molecule has 1 atom stereocenters. The van der Waals surface area contributed by atoms with Gasteiger partial charge in [-0.25, -0.2) is 0 Å². The number of hydrogen-bond acceptors (Lipinski definition) is 3. The standard InChI is InChI=1S/C9H19N3O2/c1-7(4-5-10)2-3-9(14)12-6-8(11)13/h7H,2-6,10H2,1H3,(H2,11,13)(H,12,14). The zero-order chi connectivity index (χ0) is 11.0. The van der Waals surface area contributed by atoms with Gasteiger partial charge in [-0.3, -0.25) is 9.59 Å². The number of rotatable bonds is 7. The fourth-order valence-corrected chi connectivity index (χ4v) is 1.08. The molecule has 82 valence electrons. The van der Waals surface area contributed by atoms with Crippen LogP contribution >= 0.6 is 0 Å². The molecule has 0 radical (unpaired) electrons. The fraction of sp³-hybridized carbons (Fsp3) is 0.778. The van der Waals surface area contributed by atoms with Crippen molar-refractivity contribution in [2.45, 2.75) is 26.2 Å². The van der Waals surface area contributed by atoms with Gasteiger partial charge in [-0.15, -0.1) is 0 Å². The summed E-state index contributed by atoms with van der Waals surface area (Å²) in [4.78, 5) is 21.4. The van der Waals surface area contributed by atoms with Crippen molar-refractivity contribution in [1.29, 1.82) is 0 Å². The lowest BCUT2D eigenvalue weighted by Gasteiger charge is -2.08. The average Bonchev–Trinajstić information content (AvgIpc) is 2.12. The van der Waals surface area contributed by atoms with Crippen LogP contribution in [0, 0.1) is 5.92 Å². The second kappa shape index (κ2) is 7.32. The van der Waals surface area contributed by atoms with E-state index in [0.29, 0.717) is 18.9 Å². The summed E-state index contributed by atoms with van der Waals surface area (Å²) in [6.45, 7) is 2.61. The van der Waals surface area contributed by atoms with E-state index in [1.54, 1.807) is 0 Å². The molecule has 5 heteroatoms. The summed E-state index contributed by atoms with van der Waals surface area (Å²) < 4.78 is 0. The maximum absolute atomic E-state index is 11.1. The van der Waals surface area contributed by atoms with Crippen LogP contribution in [0.25, 0.3) is 0 Å². The lowest BCUT2D eigenvalue weighted by molar-refractivity contribution is -0.125. The molecular weight excluding hydrogens is 182 g/mol. The third-order valence-corrected chi connectivity index (χ3v) is 1.98. The van der Waals surface area contributed by atoms with Crippen molar-refractivity contribution >= 4 is 11.8 Å². The summed E-state index contributed by atoms with van der Waals surface area (Å²) in [7, 11) is 0. The van der Waals surface area contributed by atoms with Crippen molar-refractivity contribution in [2.75, 3.05) is 13.1 Å². The van der Waals surface area contributed by atoms with Crippen molar-refractivity contribution < 1.29 is 9.59 Å². The molecule has 2 amide bonds. The van der Waals surface area contributed by atoms with E-state index in [0.717, 1.165) is 12.8 Å². The van der Waals surface area contributed by atoms with E-state index >= 15 is 0 Å². The maximum atomic E-state index is 11.1. The molecule has 5 nitrogen and oxygen atoms in total. The number of nitrogens with one attached hydrogen (secondary N) is 1. The van der Waals surface area contributed by atoms with Gasteiger partial charge in [-0.1, -0.05) is 6.92 Å². The van der Waals surface area contributed by atoms with Crippen molar-refractivity contribution in [2.24, 2.45) is 17.4 Å². The number of primary amides is 1. The molecule has 0 fully saturated rings. The van der Waals surface area contributed by atoms with E-state index in [4.69, 9.17) is 11.5 Å². The first-order chi connectivity index (χ1) is 6.56. The Kier molecular flexibility index (Phi) is 6.74. The second-order valence-corrected chi connectivity index (χ2v) is 3.46. The number of nitrogens with two attached hydrogens (primary N) is 2. The van der Waals surface area contributed by atoms with E-state index in [1.807, 2.05) is 6.92 Å². The molecule has 1 unspecified atom stereocenters. The molecule has 0 aromatic heterocycles. The summed E-state index contributed by atoms with van der Waals surface area (Å²) in [5.41, 5.74) is 10.2. The van der Waals surface area contributed by atoms with E-state index < -0.39 is 5.91 Å². The van der Waals surface area contributed by atoms with E-state index in [-0.39, 0.29) is 12.5 Å². The van der Waals surface area contributed by atoms with Gasteiger partial charge in [0.25, 0.3) is 0 Å². The summed E-state index contributed by atoms with van der Waals surface area (Å²) >= 11 is 0. The highest BCUT2D eigenvalue weighted by molar-refractivity contribution is 5.83. The van der Waals surface area contributed by atoms with E-state index in [9.17, 15) is 9.59 Å². The lowest BCUT2D eigenvalue weighted by Crippen LogP contribution is -2.33. The Hall–Kier alpha value is -1.10. The van der Waals surface area contributed by atoms with Crippen LogP contribution in [-0.4, -0.2) is 24.9 Å². The van der Waals surface area contributed by atoms with Gasteiger partial charge in [0, 0.05) is 6.42 Å². The first kappa shape index (κ1) is 12.9. The van der Waals surface area contributed by atoms with Crippen LogP contribution < -0.4 is 16.8 Å². The maximum Gasteiger partial charge on any atom is 0.236 e. The van der Waals surface area contributed by atoms with Gasteiger partial charge >= 0.3 is 0 Å². The Balaban J connectivity index is 3.48. The van der Waals surface area contributed by atoms with Gasteiger partial charge in [0.2, 0.25) is 11.8 Å². The molecular formula is C9H19N3O2. The Morgan fingerprint density at radius 3 is 2.50 bits per heavy atom. The van der Waals surface area contributed by atoms with Crippen molar-refractivity contribution in [3.8, 4) is 0 Å². The molecule has 0 rings (SSSR count). The molecule has 0 aromatic carbocycles. The summed E-state index contributed by atoms with van der Waals surface area (Å²) in [6.07, 6.45) is 2.14. The topological polar surface area (TPSA) is 98.2 Å². The number of amides is 2. The number of carbonyl (C=O) groups is 2. The third-order valence-electron chi connectivity index (χ3n) is 1.98. The smallest absolute Gasteiger partial charge is 0.236 e. The average molecular weight is 201 g/mol. The van der Waals surface area contributed by atoms with Crippen molar-refractivity contribution in [3.63, 3.8) is 0 Å². The number of carbonyl (C=O) groups excluding carboxylic acids is 2. The van der Waals surface area contributed by atoms with Crippen molar-refractivity contribution in [3.05, 3.63) is 0 Å². The van der Waals surface area contributed by atoms with Gasteiger partial charge < -0.3 is 16.8 Å². The SMILES string of the molecule is CC(CCN)CCC(=O)NCC(N)=O. The predicted octanol–water partition coefficient (Wildman–Crippen LogP) is -0.647. The predicted molar refractivity (Wildman–Crippen MR) is 54.3 cm³/mol. The number of hydrogen-bond donors (Lipinski definition) is 3. The van der Waals surface area contributed by atoms with Crippen LogP contribution in [0.1, 0.15) is 26.2 Å². The van der Waals surface area contributed by atoms with E-state index in [2.05, 4.69) is 5.32 Å². The van der Waals surface area contributed by atoms with E-state index in [1.165, 1.54) is 0 Å². The van der Waals surface area contributed by atoms with Crippen LogP contribution in [0.15, 0.2) is 0 Å². The molecule has 0 saturated heterocycles. The molecule has 0 aliphatic heterocycles. The van der Waals surface area contributed by atoms with Gasteiger partial charge in [0.1, 0.15) is 0 Å². The monoisotopic (exact) mass is 201 g/mol. The summed E-state index contributed by atoms with van der Waals surface area (Å²) in [6, 6.07) is 0. The Morgan fingerprint density at radius 2 is 2.00 bits per heavy atom. The van der Waals surface area contributed by atoms with Gasteiger partial charge in [-0.2, -0.15) is 0 Å². The zero-order valence-electron chi connectivity index (χ0n) is 8.58. The van der Waals surface area contributed by atoms with Crippen LogP contribution in [0.4, 0.5) is 0 Å². The van der Waals surface area contributed by atoms with Crippen LogP contribution in [0.3, 0.4) is 0 Å². The first-order valence-corrected chi connectivity index (χ1v) is 4.81. The second-order valence-electron chi connectivity index (χ2n) is 3.46. The highest BCUT2D eigenvalue weighted by atomic mass is 16.2. The molecule has 5 N–H and O–H groups in total. The first-order valence-electron chi connectivity index (χ1n) is 4.81. The highest BCUT2D eigenvalue weighted by Gasteiger charge is 2.06. The van der Waals surface area contributed by atoms with Crippen LogP contribution in [0.5, 0.6) is 0 Å². The zero-order valence-corrected chi connectivity index (χ0v) is 8.58. The normalized spacial score (nSPS) is 12.1. The minimum Gasteiger partial charge on any atom is -0.368 e. The third kappa shape index (κ3) is 7.54. The van der Waals surface area contributed by atoms with Gasteiger partial charge in [0.05, 0.1) is 6.54 Å². The summed E-state index contributed by atoms with van der Waals surface area (Å²) in [5, 5.41) is 2.43. The van der Waals surface area contributed by atoms with Gasteiger partial charge in [0.15, 0.2) is 0 Å². The molecule has 14 heavy (non-hydrogen) atoms. The van der Waals surface area contributed by atoms with Crippen LogP contribution in [0.2, 0.25) is 0 Å². The molecule has 0 saturated carbocycles. The Bertz CT molecular complexity index is 194. The molecule has 0 spiro atoms. The largest absolute Gasteiger partial charge is 0.368 e. The molecule has 0 heterocycles. The summed E-state index contributed by atoms with van der Waals surface area (Å²) in [5.74, 6) is -0.208. The Labute approximate surface area is 84.2 Å². The quantitative estimate of drug-likeness (QED) is 0.510. The van der Waals surface area contributed by atoms with Crippen molar-refractivity contribution in [1.82, 2.24) is 5.32 Å². The molecule has 0 aromatic rings.